The van der Waals surface area contributed by atoms with Crippen LogP contribution in [0.3, 0.4) is 0 Å². The minimum absolute atomic E-state index is 0.600. The number of hydrogen-bond acceptors (Lipinski definition) is 4. The van der Waals surface area contributed by atoms with E-state index in [0.717, 1.165) is 44.8 Å². The van der Waals surface area contributed by atoms with Crippen molar-refractivity contribution in [2.45, 2.75) is 6.54 Å². The molecule has 0 radical (unpaired) electrons. The van der Waals surface area contributed by atoms with Crippen LogP contribution in [0, 0.1) is 0 Å². The Morgan fingerprint density at radius 2 is 1.75 bits per heavy atom. The molecule has 5 rings (SSSR count). The number of hydrogen-bond donors (Lipinski definition) is 3. The van der Waals surface area contributed by atoms with Gasteiger partial charge in [0.25, 0.3) is 0 Å². The Balaban J connectivity index is 1.35. The van der Waals surface area contributed by atoms with Crippen molar-refractivity contribution < 1.29 is 0 Å². The average Bonchev–Trinajstić information content (AvgIpc) is 3.45. The van der Waals surface area contributed by atoms with E-state index in [1.54, 1.807) is 0 Å². The largest absolute Gasteiger partial charge is 0.364 e. The summed E-state index contributed by atoms with van der Waals surface area (Å²) in [5, 5.41) is 12.5. The molecule has 0 atom stereocenters. The van der Waals surface area contributed by atoms with Gasteiger partial charge in [0.05, 0.1) is 18.4 Å². The third-order valence-corrected chi connectivity index (χ3v) is 4.68. The van der Waals surface area contributed by atoms with Gasteiger partial charge in [-0.1, -0.05) is 42.5 Å². The molecule has 0 bridgehead atoms. The predicted molar refractivity (Wildman–Crippen MR) is 111 cm³/mol. The molecule has 136 valence electrons. The predicted octanol–water partition coefficient (Wildman–Crippen LogP) is 4.63. The summed E-state index contributed by atoms with van der Waals surface area (Å²) in [7, 11) is 0. The maximum absolute atomic E-state index is 4.65. The Morgan fingerprint density at radius 1 is 0.821 bits per heavy atom. The highest BCUT2D eigenvalue weighted by Gasteiger charge is 2.05. The zero-order valence-corrected chi connectivity index (χ0v) is 15.1. The van der Waals surface area contributed by atoms with Gasteiger partial charge in [0.15, 0.2) is 0 Å². The normalized spacial score (nSPS) is 11.0. The minimum Gasteiger partial charge on any atom is -0.364 e. The molecule has 0 spiro atoms. The molecular formula is C22H18N6. The topological polar surface area (TPSA) is 82.3 Å². The number of anilines is 1. The van der Waals surface area contributed by atoms with Crippen LogP contribution in [0.2, 0.25) is 0 Å². The molecule has 5 aromatic rings. The average molecular weight is 366 g/mol. The maximum atomic E-state index is 4.65. The number of rotatable bonds is 5. The molecule has 0 saturated heterocycles. The van der Waals surface area contributed by atoms with Crippen LogP contribution in [0.15, 0.2) is 79.4 Å². The molecule has 3 N–H and O–H groups in total. The molecule has 6 heteroatoms. The first-order valence-electron chi connectivity index (χ1n) is 9.08. The monoisotopic (exact) mass is 366 g/mol. The van der Waals surface area contributed by atoms with Crippen LogP contribution in [0.4, 0.5) is 5.82 Å². The van der Waals surface area contributed by atoms with E-state index < -0.39 is 0 Å². The Kier molecular flexibility index (Phi) is 4.06. The number of aromatic amines is 2. The summed E-state index contributed by atoms with van der Waals surface area (Å²) in [5.74, 6) is 1.69. The van der Waals surface area contributed by atoms with E-state index in [4.69, 9.17) is 0 Å². The summed E-state index contributed by atoms with van der Waals surface area (Å²) in [4.78, 5) is 12.4. The lowest BCUT2D eigenvalue weighted by molar-refractivity contribution is 1.06. The smallest absolute Gasteiger partial charge is 0.137 e. The van der Waals surface area contributed by atoms with Gasteiger partial charge in [-0.05, 0) is 23.1 Å². The van der Waals surface area contributed by atoms with E-state index in [2.05, 4.69) is 54.7 Å². The second-order valence-corrected chi connectivity index (χ2v) is 6.58. The summed E-state index contributed by atoms with van der Waals surface area (Å²) < 4.78 is 0. The third kappa shape index (κ3) is 3.23. The number of nitrogens with zero attached hydrogens (tertiary/aromatic N) is 3. The Bertz CT molecular complexity index is 1210. The maximum Gasteiger partial charge on any atom is 0.137 e. The molecular weight excluding hydrogens is 348 g/mol. The molecule has 0 aliphatic rings. The summed E-state index contributed by atoms with van der Waals surface area (Å²) in [6, 6.07) is 18.5. The Morgan fingerprint density at radius 3 is 2.61 bits per heavy atom. The lowest BCUT2D eigenvalue weighted by Crippen LogP contribution is -2.01. The van der Waals surface area contributed by atoms with Crippen molar-refractivity contribution in [2.75, 3.05) is 5.32 Å². The second-order valence-electron chi connectivity index (χ2n) is 6.58. The van der Waals surface area contributed by atoms with Gasteiger partial charge in [0.2, 0.25) is 0 Å². The van der Waals surface area contributed by atoms with Crippen molar-refractivity contribution in [2.24, 2.45) is 0 Å². The summed E-state index contributed by atoms with van der Waals surface area (Å²) in [5.41, 5.74) is 4.20. The van der Waals surface area contributed by atoms with Crippen LogP contribution in [0.25, 0.3) is 33.3 Å². The number of nitrogens with one attached hydrogen (secondary N) is 3. The molecule has 0 aliphatic heterocycles. The molecule has 2 aromatic carbocycles. The quantitative estimate of drug-likeness (QED) is 0.424. The fourth-order valence-electron chi connectivity index (χ4n) is 3.20. The van der Waals surface area contributed by atoms with Gasteiger partial charge >= 0.3 is 0 Å². The lowest BCUT2D eigenvalue weighted by Gasteiger charge is -2.06. The molecule has 0 unspecified atom stereocenters. The van der Waals surface area contributed by atoms with Gasteiger partial charge in [0, 0.05) is 35.1 Å². The van der Waals surface area contributed by atoms with Gasteiger partial charge in [-0.2, -0.15) is 5.10 Å². The highest BCUT2D eigenvalue weighted by molar-refractivity contribution is 5.88. The van der Waals surface area contributed by atoms with E-state index >= 15 is 0 Å². The fourth-order valence-corrected chi connectivity index (χ4v) is 3.20. The van der Waals surface area contributed by atoms with Crippen molar-refractivity contribution in [1.82, 2.24) is 25.1 Å². The lowest BCUT2D eigenvalue weighted by atomic mass is 10.1. The Labute approximate surface area is 161 Å². The first-order chi connectivity index (χ1) is 13.8. The van der Waals surface area contributed by atoms with Gasteiger partial charge < -0.3 is 10.3 Å². The molecule has 0 fully saturated rings. The summed E-state index contributed by atoms with van der Waals surface area (Å²) >= 11 is 0. The van der Waals surface area contributed by atoms with Gasteiger partial charge in [0.1, 0.15) is 11.6 Å². The SMILES string of the molecule is c1ccc(-c2nc(CNc3cc4cc(-c5cn[nH]c5)ccc4cn3)c[nH]2)cc1. The number of benzene rings is 2. The van der Waals surface area contributed by atoms with Gasteiger partial charge in [-0.3, -0.25) is 5.10 Å². The zero-order valence-electron chi connectivity index (χ0n) is 15.1. The van der Waals surface area contributed by atoms with Crippen molar-refractivity contribution in [1.29, 1.82) is 0 Å². The van der Waals surface area contributed by atoms with E-state index in [9.17, 15) is 0 Å². The molecule has 3 aromatic heterocycles. The fraction of sp³-hybridized carbons (Fsp3) is 0.0455. The van der Waals surface area contributed by atoms with Crippen LogP contribution in [0.5, 0.6) is 0 Å². The third-order valence-electron chi connectivity index (χ3n) is 4.68. The van der Waals surface area contributed by atoms with E-state index in [1.165, 1.54) is 0 Å². The van der Waals surface area contributed by atoms with Crippen molar-refractivity contribution >= 4 is 16.6 Å². The number of aromatic nitrogens is 5. The van der Waals surface area contributed by atoms with Gasteiger partial charge in [-0.15, -0.1) is 0 Å². The second kappa shape index (κ2) is 7.00. The minimum atomic E-state index is 0.600. The van der Waals surface area contributed by atoms with Crippen molar-refractivity contribution in [3.63, 3.8) is 0 Å². The van der Waals surface area contributed by atoms with E-state index in [0.29, 0.717) is 6.54 Å². The van der Waals surface area contributed by atoms with Crippen LogP contribution >= 0.6 is 0 Å². The zero-order chi connectivity index (χ0) is 18.8. The van der Waals surface area contributed by atoms with E-state index in [-0.39, 0.29) is 0 Å². The molecule has 0 saturated carbocycles. The molecule has 3 heterocycles. The molecule has 0 aliphatic carbocycles. The molecule has 0 amide bonds. The first-order valence-corrected chi connectivity index (χ1v) is 9.08. The van der Waals surface area contributed by atoms with Crippen LogP contribution in [-0.4, -0.2) is 25.1 Å². The summed E-state index contributed by atoms with van der Waals surface area (Å²) in [6.07, 6.45) is 7.52. The first kappa shape index (κ1) is 16.3. The number of pyridine rings is 1. The van der Waals surface area contributed by atoms with Crippen molar-refractivity contribution in [3.05, 3.63) is 85.1 Å². The highest BCUT2D eigenvalue weighted by Crippen LogP contribution is 2.25. The number of imidazole rings is 1. The van der Waals surface area contributed by atoms with Crippen LogP contribution < -0.4 is 5.32 Å². The number of fused-ring (bicyclic) bond motifs is 1. The van der Waals surface area contributed by atoms with E-state index in [1.807, 2.05) is 55.1 Å². The number of H-pyrrole nitrogens is 2. The van der Waals surface area contributed by atoms with Crippen molar-refractivity contribution in [3.8, 4) is 22.5 Å². The summed E-state index contributed by atoms with van der Waals surface area (Å²) in [6.45, 7) is 0.600. The Hall–Kier alpha value is -3.93. The van der Waals surface area contributed by atoms with Gasteiger partial charge in [-0.25, -0.2) is 9.97 Å². The molecule has 6 nitrogen and oxygen atoms in total. The molecule has 28 heavy (non-hydrogen) atoms. The standard InChI is InChI=1S/C22H18N6/c1-2-4-15(5-3-1)22-25-14-20(28-22)13-24-21-9-18-8-16(19-11-26-27-12-19)6-7-17(18)10-23-21/h1-12,14H,13H2,(H,23,24)(H,25,28)(H,26,27). The van der Waals surface area contributed by atoms with Crippen LogP contribution in [-0.2, 0) is 6.54 Å². The highest BCUT2D eigenvalue weighted by atomic mass is 15.1. The van der Waals surface area contributed by atoms with Crippen LogP contribution in [0.1, 0.15) is 5.69 Å².